The van der Waals surface area contributed by atoms with Gasteiger partial charge in [-0.1, -0.05) is 0 Å². The summed E-state index contributed by atoms with van der Waals surface area (Å²) < 4.78 is 25.9. The first-order valence-electron chi connectivity index (χ1n) is 8.82. The number of hydrogen-bond donors (Lipinski definition) is 0. The second kappa shape index (κ2) is 6.87. The molecule has 0 unspecified atom stereocenters. The third kappa shape index (κ3) is 4.02. The topological polar surface area (TPSA) is 57.7 Å². The summed E-state index contributed by atoms with van der Waals surface area (Å²) in [6.07, 6.45) is 7.81. The Morgan fingerprint density at radius 1 is 0.955 bits per heavy atom. The Bertz CT molecular complexity index is 496. The highest BCUT2D eigenvalue weighted by molar-refractivity contribution is 7.89. The van der Waals surface area contributed by atoms with Crippen LogP contribution in [-0.2, 0) is 14.8 Å². The summed E-state index contributed by atoms with van der Waals surface area (Å²) in [5.74, 6) is 1.83. The summed E-state index contributed by atoms with van der Waals surface area (Å²) in [6.45, 7) is 3.08. The fourth-order valence-electron chi connectivity index (χ4n) is 3.85. The predicted octanol–water partition coefficient (Wildman–Crippen LogP) is 1.84. The van der Waals surface area contributed by atoms with Crippen LogP contribution in [0.3, 0.4) is 0 Å². The van der Waals surface area contributed by atoms with E-state index in [1.165, 1.54) is 19.3 Å². The van der Waals surface area contributed by atoms with Crippen molar-refractivity contribution in [3.05, 3.63) is 0 Å². The number of rotatable bonds is 6. The Labute approximate surface area is 134 Å². The van der Waals surface area contributed by atoms with Crippen molar-refractivity contribution in [3.8, 4) is 0 Å². The molecule has 3 aliphatic rings. The molecule has 126 valence electrons. The molecular formula is C16H28N2O3S. The second-order valence-electron chi connectivity index (χ2n) is 7.11. The van der Waals surface area contributed by atoms with Crippen LogP contribution in [0.4, 0.5) is 0 Å². The Hall–Kier alpha value is -0.620. The van der Waals surface area contributed by atoms with Gasteiger partial charge in [-0.3, -0.25) is 4.79 Å². The molecule has 1 aliphatic carbocycles. The maximum Gasteiger partial charge on any atom is 0.222 e. The minimum absolute atomic E-state index is 0.124. The average molecular weight is 328 g/mol. The van der Waals surface area contributed by atoms with Gasteiger partial charge >= 0.3 is 0 Å². The summed E-state index contributed by atoms with van der Waals surface area (Å²) in [5.41, 5.74) is 0. The van der Waals surface area contributed by atoms with Gasteiger partial charge in [0.25, 0.3) is 0 Å². The van der Waals surface area contributed by atoms with Crippen LogP contribution in [0.2, 0.25) is 0 Å². The van der Waals surface area contributed by atoms with E-state index in [9.17, 15) is 13.2 Å². The molecule has 2 aliphatic heterocycles. The number of hydrogen-bond acceptors (Lipinski definition) is 3. The van der Waals surface area contributed by atoms with Crippen molar-refractivity contribution in [1.29, 1.82) is 0 Å². The number of amides is 1. The number of carbonyl (C=O) groups is 1. The zero-order valence-corrected chi connectivity index (χ0v) is 14.2. The van der Waals surface area contributed by atoms with E-state index in [0.717, 1.165) is 38.3 Å². The summed E-state index contributed by atoms with van der Waals surface area (Å²) in [7, 11) is -3.14. The molecule has 0 spiro atoms. The molecule has 3 fully saturated rings. The standard InChI is InChI=1S/C16H28N2O3S/c19-16(17-9-3-5-15(13-17)14-7-8-14)6-4-12-22(20,21)18-10-1-2-11-18/h14-15H,1-13H2/t15-/m1/s1. The van der Waals surface area contributed by atoms with Crippen molar-refractivity contribution < 1.29 is 13.2 Å². The molecule has 2 heterocycles. The van der Waals surface area contributed by atoms with E-state index in [2.05, 4.69) is 0 Å². The first-order valence-corrected chi connectivity index (χ1v) is 10.4. The Kier molecular flexibility index (Phi) is 5.07. The Morgan fingerprint density at radius 2 is 1.68 bits per heavy atom. The lowest BCUT2D eigenvalue weighted by molar-refractivity contribution is -0.133. The smallest absolute Gasteiger partial charge is 0.222 e. The van der Waals surface area contributed by atoms with Gasteiger partial charge in [0.1, 0.15) is 0 Å². The lowest BCUT2D eigenvalue weighted by atomic mass is 9.93. The maximum absolute atomic E-state index is 12.3. The lowest BCUT2D eigenvalue weighted by Crippen LogP contribution is -2.40. The number of carbonyl (C=O) groups excluding carboxylic acids is 1. The van der Waals surface area contributed by atoms with Crippen molar-refractivity contribution in [3.63, 3.8) is 0 Å². The summed E-state index contributed by atoms with van der Waals surface area (Å²) in [6, 6.07) is 0. The molecule has 0 aromatic heterocycles. The maximum atomic E-state index is 12.3. The molecule has 5 nitrogen and oxygen atoms in total. The van der Waals surface area contributed by atoms with Crippen molar-refractivity contribution >= 4 is 15.9 Å². The molecule has 0 aromatic rings. The molecule has 0 aromatic carbocycles. The van der Waals surface area contributed by atoms with Crippen molar-refractivity contribution in [2.24, 2.45) is 11.8 Å². The summed E-state index contributed by atoms with van der Waals surface area (Å²) >= 11 is 0. The van der Waals surface area contributed by atoms with Crippen LogP contribution in [0.25, 0.3) is 0 Å². The van der Waals surface area contributed by atoms with Crippen molar-refractivity contribution in [1.82, 2.24) is 9.21 Å². The van der Waals surface area contributed by atoms with E-state index in [0.29, 0.717) is 31.8 Å². The number of sulfonamides is 1. The Morgan fingerprint density at radius 3 is 2.36 bits per heavy atom. The Balaban J connectivity index is 1.41. The highest BCUT2D eigenvalue weighted by atomic mass is 32.2. The number of piperidine rings is 1. The van der Waals surface area contributed by atoms with Gasteiger partial charge in [-0.2, -0.15) is 0 Å². The van der Waals surface area contributed by atoms with Crippen LogP contribution >= 0.6 is 0 Å². The molecule has 0 bridgehead atoms. The fourth-order valence-corrected chi connectivity index (χ4v) is 5.43. The van der Waals surface area contributed by atoms with Crippen molar-refractivity contribution in [2.45, 2.75) is 51.4 Å². The molecule has 22 heavy (non-hydrogen) atoms. The highest BCUT2D eigenvalue weighted by Gasteiger charge is 2.35. The molecule has 2 saturated heterocycles. The van der Waals surface area contributed by atoms with Gasteiger partial charge in [0.2, 0.25) is 15.9 Å². The largest absolute Gasteiger partial charge is 0.342 e. The van der Waals surface area contributed by atoms with E-state index in [-0.39, 0.29) is 11.7 Å². The minimum Gasteiger partial charge on any atom is -0.342 e. The molecule has 0 N–H and O–H groups in total. The van der Waals surface area contributed by atoms with Gasteiger partial charge in [0.05, 0.1) is 5.75 Å². The fraction of sp³-hybridized carbons (Fsp3) is 0.938. The summed E-state index contributed by atoms with van der Waals surface area (Å²) in [5, 5.41) is 0. The van der Waals surface area contributed by atoms with Crippen molar-refractivity contribution in [2.75, 3.05) is 31.9 Å². The van der Waals surface area contributed by atoms with Crippen LogP contribution in [-0.4, -0.2) is 55.5 Å². The SMILES string of the molecule is O=C(CCCS(=O)(=O)N1CCCC1)N1CCC[C@@H](C2CC2)C1. The van der Waals surface area contributed by atoms with Crippen LogP contribution in [0.15, 0.2) is 0 Å². The van der Waals surface area contributed by atoms with Crippen LogP contribution < -0.4 is 0 Å². The quantitative estimate of drug-likeness (QED) is 0.747. The third-order valence-corrected chi connectivity index (χ3v) is 7.31. The first kappa shape index (κ1) is 16.2. The monoisotopic (exact) mass is 328 g/mol. The van der Waals surface area contributed by atoms with Gasteiger partial charge in [0, 0.05) is 32.6 Å². The number of likely N-dealkylation sites (tertiary alicyclic amines) is 1. The van der Waals surface area contributed by atoms with Crippen LogP contribution in [0, 0.1) is 11.8 Å². The van der Waals surface area contributed by atoms with Gasteiger partial charge < -0.3 is 4.90 Å². The zero-order valence-electron chi connectivity index (χ0n) is 13.4. The molecular weight excluding hydrogens is 300 g/mol. The van der Waals surface area contributed by atoms with E-state index < -0.39 is 10.0 Å². The van der Waals surface area contributed by atoms with Gasteiger partial charge in [0.15, 0.2) is 0 Å². The first-order chi connectivity index (χ1) is 10.6. The summed E-state index contributed by atoms with van der Waals surface area (Å²) in [4.78, 5) is 14.3. The van der Waals surface area contributed by atoms with Crippen LogP contribution in [0.5, 0.6) is 0 Å². The molecule has 0 radical (unpaired) electrons. The van der Waals surface area contributed by atoms with E-state index in [1.54, 1.807) is 4.31 Å². The predicted molar refractivity (Wildman–Crippen MR) is 85.9 cm³/mol. The normalized spacial score (nSPS) is 27.3. The molecule has 1 saturated carbocycles. The van der Waals surface area contributed by atoms with Gasteiger partial charge in [-0.15, -0.1) is 0 Å². The molecule has 1 atom stereocenters. The van der Waals surface area contributed by atoms with E-state index in [1.807, 2.05) is 4.90 Å². The second-order valence-corrected chi connectivity index (χ2v) is 9.19. The third-order valence-electron chi connectivity index (χ3n) is 5.35. The minimum atomic E-state index is -3.14. The van der Waals surface area contributed by atoms with Crippen LogP contribution in [0.1, 0.15) is 51.4 Å². The average Bonchev–Trinajstić information content (AvgIpc) is 3.20. The van der Waals surface area contributed by atoms with Gasteiger partial charge in [-0.25, -0.2) is 12.7 Å². The number of nitrogens with zero attached hydrogens (tertiary/aromatic N) is 2. The van der Waals surface area contributed by atoms with Gasteiger partial charge in [-0.05, 0) is 56.8 Å². The molecule has 3 rings (SSSR count). The van der Waals surface area contributed by atoms with E-state index in [4.69, 9.17) is 0 Å². The zero-order chi connectivity index (χ0) is 15.6. The molecule has 1 amide bonds. The highest BCUT2D eigenvalue weighted by Crippen LogP contribution is 2.41. The molecule has 6 heteroatoms. The van der Waals surface area contributed by atoms with E-state index >= 15 is 0 Å². The lowest BCUT2D eigenvalue weighted by Gasteiger charge is -2.33.